The van der Waals surface area contributed by atoms with Crippen LogP contribution < -0.4 is 16.2 Å². The summed E-state index contributed by atoms with van der Waals surface area (Å²) in [5, 5.41) is 0.259. The molecule has 0 bridgehead atoms. The van der Waals surface area contributed by atoms with Crippen molar-refractivity contribution in [2.24, 2.45) is 10.7 Å². The molecule has 10 heteroatoms. The molecule has 0 aliphatic heterocycles. The normalized spacial score (nSPS) is 14.6. The summed E-state index contributed by atoms with van der Waals surface area (Å²) in [6, 6.07) is 6.08. The molecule has 2 aromatic heterocycles. The molecule has 35 heavy (non-hydrogen) atoms. The fraction of sp³-hybridized carbons (Fsp3) is 0.360. The van der Waals surface area contributed by atoms with E-state index in [9.17, 15) is 4.79 Å². The van der Waals surface area contributed by atoms with Crippen LogP contribution in [0.1, 0.15) is 24.6 Å². The molecule has 2 heterocycles. The Hall–Kier alpha value is -3.30. The van der Waals surface area contributed by atoms with Crippen LogP contribution in [0.5, 0.6) is 0 Å². The van der Waals surface area contributed by atoms with Crippen LogP contribution in [0.15, 0.2) is 45.8 Å². The second-order valence-corrected chi connectivity index (χ2v) is 8.70. The molecule has 1 atom stereocenters. The number of nitrogens with zero attached hydrogens (tertiary/aromatic N) is 5. The van der Waals surface area contributed by atoms with Crippen molar-refractivity contribution in [2.45, 2.75) is 32.3 Å². The van der Waals surface area contributed by atoms with E-state index in [1.807, 2.05) is 11.8 Å². The van der Waals surface area contributed by atoms with E-state index in [0.717, 1.165) is 18.5 Å². The number of hydrogen-bond donors (Lipinski definition) is 1. The standard InChI is InChI=1S/C25H28ClFN6O2/c1-4-32(14-21(35-3)15(12-28)13-29-2)22-11-23-30-20-7-5-6-18(20)25(34)33(23)24(31-22)17-9-8-16(26)10-19(17)27/h8-13,21H,4-7,14,28H2,1-3H3/b15-12+,29-13?. The van der Waals surface area contributed by atoms with Crippen molar-refractivity contribution in [3.05, 3.63) is 68.5 Å². The van der Waals surface area contributed by atoms with Gasteiger partial charge >= 0.3 is 0 Å². The molecule has 184 valence electrons. The van der Waals surface area contributed by atoms with Crippen LogP contribution in [0.3, 0.4) is 0 Å². The van der Waals surface area contributed by atoms with Crippen molar-refractivity contribution in [2.75, 3.05) is 32.1 Å². The molecule has 0 saturated carbocycles. The maximum atomic E-state index is 15.1. The zero-order valence-electron chi connectivity index (χ0n) is 20.0. The van der Waals surface area contributed by atoms with Crippen molar-refractivity contribution in [1.82, 2.24) is 14.4 Å². The third kappa shape index (κ3) is 4.78. The average molecular weight is 499 g/mol. The summed E-state index contributed by atoms with van der Waals surface area (Å²) in [4.78, 5) is 29.0. The lowest BCUT2D eigenvalue weighted by molar-refractivity contribution is 0.141. The van der Waals surface area contributed by atoms with Gasteiger partial charge in [0, 0.05) is 61.9 Å². The largest absolute Gasteiger partial charge is 0.404 e. The second kappa shape index (κ2) is 10.5. The molecule has 1 aromatic carbocycles. The first-order valence-electron chi connectivity index (χ1n) is 11.4. The average Bonchev–Trinajstić information content (AvgIpc) is 3.32. The molecule has 0 fully saturated rings. The molecular weight excluding hydrogens is 471 g/mol. The van der Waals surface area contributed by atoms with Crippen molar-refractivity contribution >= 4 is 29.3 Å². The Bertz CT molecular complexity index is 1370. The van der Waals surface area contributed by atoms with Crippen molar-refractivity contribution in [3.8, 4) is 11.4 Å². The van der Waals surface area contributed by atoms with Crippen LogP contribution in [0.25, 0.3) is 17.0 Å². The minimum atomic E-state index is -0.568. The fourth-order valence-electron chi connectivity index (χ4n) is 4.41. The van der Waals surface area contributed by atoms with Crippen LogP contribution in [0.4, 0.5) is 10.2 Å². The lowest BCUT2D eigenvalue weighted by atomic mass is 10.1. The van der Waals surface area contributed by atoms with Gasteiger partial charge in [0.15, 0.2) is 5.82 Å². The van der Waals surface area contributed by atoms with Gasteiger partial charge in [-0.25, -0.2) is 18.8 Å². The highest BCUT2D eigenvalue weighted by Gasteiger charge is 2.24. The quantitative estimate of drug-likeness (QED) is 0.478. The maximum Gasteiger partial charge on any atom is 0.263 e. The monoisotopic (exact) mass is 498 g/mol. The van der Waals surface area contributed by atoms with Crippen molar-refractivity contribution in [1.29, 1.82) is 0 Å². The van der Waals surface area contributed by atoms with Crippen LogP contribution >= 0.6 is 11.6 Å². The summed E-state index contributed by atoms with van der Waals surface area (Å²) in [5.41, 5.74) is 8.34. The number of methoxy groups -OCH3 is 1. The number of aromatic nitrogens is 3. The molecular formula is C25H28ClFN6O2. The second-order valence-electron chi connectivity index (χ2n) is 8.27. The Labute approximate surface area is 207 Å². The van der Waals surface area contributed by atoms with Gasteiger partial charge in [0.1, 0.15) is 23.4 Å². The summed E-state index contributed by atoms with van der Waals surface area (Å²) >= 11 is 5.99. The molecule has 3 aromatic rings. The zero-order chi connectivity index (χ0) is 25.1. The van der Waals surface area contributed by atoms with Gasteiger partial charge in [-0.15, -0.1) is 0 Å². The number of halogens is 2. The highest BCUT2D eigenvalue weighted by molar-refractivity contribution is 6.30. The van der Waals surface area contributed by atoms with E-state index in [4.69, 9.17) is 32.0 Å². The van der Waals surface area contributed by atoms with Gasteiger partial charge in [-0.1, -0.05) is 11.6 Å². The Balaban J connectivity index is 1.92. The first-order valence-corrected chi connectivity index (χ1v) is 11.8. The van der Waals surface area contributed by atoms with E-state index in [1.165, 1.54) is 22.7 Å². The van der Waals surface area contributed by atoms with E-state index >= 15 is 4.39 Å². The summed E-state index contributed by atoms with van der Waals surface area (Å²) in [7, 11) is 3.26. The smallest absolute Gasteiger partial charge is 0.263 e. The van der Waals surface area contributed by atoms with E-state index in [-0.39, 0.29) is 28.1 Å². The Morgan fingerprint density at radius 1 is 1.37 bits per heavy atom. The number of likely N-dealkylation sites (N-methyl/N-ethyl adjacent to an activating group) is 1. The number of rotatable bonds is 8. The molecule has 1 aliphatic carbocycles. The van der Waals surface area contributed by atoms with Gasteiger partial charge < -0.3 is 15.4 Å². The van der Waals surface area contributed by atoms with E-state index in [1.54, 1.807) is 32.5 Å². The van der Waals surface area contributed by atoms with Crippen LogP contribution in [0.2, 0.25) is 5.02 Å². The number of ether oxygens (including phenoxy) is 1. The van der Waals surface area contributed by atoms with E-state index in [2.05, 4.69) is 4.99 Å². The van der Waals surface area contributed by atoms with E-state index < -0.39 is 5.82 Å². The number of aliphatic imine (C=N–C) groups is 1. The number of fused-ring (bicyclic) bond motifs is 2. The van der Waals surface area contributed by atoms with Crippen molar-refractivity contribution in [3.63, 3.8) is 0 Å². The topological polar surface area (TPSA) is 98.1 Å². The lowest BCUT2D eigenvalue weighted by Gasteiger charge is -2.28. The number of hydrogen-bond acceptors (Lipinski definition) is 7. The molecule has 0 saturated heterocycles. The van der Waals surface area contributed by atoms with E-state index in [0.29, 0.717) is 42.1 Å². The molecule has 1 aliphatic rings. The summed E-state index contributed by atoms with van der Waals surface area (Å²) in [5.74, 6) is 0.144. The highest BCUT2D eigenvalue weighted by atomic mass is 35.5. The first kappa shape index (κ1) is 24.8. The minimum absolute atomic E-state index is 0.170. The highest BCUT2D eigenvalue weighted by Crippen LogP contribution is 2.28. The van der Waals surface area contributed by atoms with Gasteiger partial charge in [0.2, 0.25) is 0 Å². The number of benzene rings is 1. The SMILES string of the molecule is CCN(CC(OC)/C(C=NC)=C/N)c1cc2nc3c(c(=O)n2c(-c2ccc(Cl)cc2F)n1)CCC3. The third-order valence-corrected chi connectivity index (χ3v) is 6.44. The summed E-state index contributed by atoms with van der Waals surface area (Å²) < 4.78 is 22.1. The predicted octanol–water partition coefficient (Wildman–Crippen LogP) is 3.42. The molecule has 4 rings (SSSR count). The van der Waals surface area contributed by atoms with Gasteiger partial charge in [0.25, 0.3) is 5.56 Å². The number of nitrogens with two attached hydrogens (primary N) is 1. The van der Waals surface area contributed by atoms with Gasteiger partial charge in [0.05, 0.1) is 11.3 Å². The molecule has 0 amide bonds. The molecule has 0 radical (unpaired) electrons. The molecule has 8 nitrogen and oxygen atoms in total. The maximum absolute atomic E-state index is 15.1. The molecule has 0 spiro atoms. The Kier molecular flexibility index (Phi) is 7.47. The third-order valence-electron chi connectivity index (χ3n) is 6.21. The van der Waals surface area contributed by atoms with Crippen LogP contribution in [-0.4, -0.2) is 53.9 Å². The van der Waals surface area contributed by atoms with Gasteiger partial charge in [-0.3, -0.25) is 9.79 Å². The Morgan fingerprint density at radius 3 is 2.83 bits per heavy atom. The van der Waals surface area contributed by atoms with Gasteiger partial charge in [-0.05, 0) is 44.4 Å². The fourth-order valence-corrected chi connectivity index (χ4v) is 4.57. The summed E-state index contributed by atoms with van der Waals surface area (Å²) in [6.07, 6.45) is 4.98. The van der Waals surface area contributed by atoms with Crippen LogP contribution in [-0.2, 0) is 17.6 Å². The van der Waals surface area contributed by atoms with Gasteiger partial charge in [-0.2, -0.15) is 0 Å². The van der Waals surface area contributed by atoms with Crippen molar-refractivity contribution < 1.29 is 9.13 Å². The minimum Gasteiger partial charge on any atom is -0.404 e. The molecule has 2 N–H and O–H groups in total. The Morgan fingerprint density at radius 2 is 2.17 bits per heavy atom. The van der Waals surface area contributed by atoms with Crippen LogP contribution in [0, 0.1) is 5.82 Å². The number of anilines is 1. The predicted molar refractivity (Wildman–Crippen MR) is 137 cm³/mol. The molecule has 1 unspecified atom stereocenters. The first-order chi connectivity index (χ1) is 16.9. The summed E-state index contributed by atoms with van der Waals surface area (Å²) in [6.45, 7) is 2.95. The number of aryl methyl sites for hydroxylation is 1. The zero-order valence-corrected chi connectivity index (χ0v) is 20.7. The lowest BCUT2D eigenvalue weighted by Crippen LogP contribution is -2.36.